The summed E-state index contributed by atoms with van der Waals surface area (Å²) < 4.78 is 15.1. The fourth-order valence-corrected chi connectivity index (χ4v) is 2.50. The molecule has 0 radical (unpaired) electrons. The number of alkyl halides is 2. The molecule has 2 saturated heterocycles. The summed E-state index contributed by atoms with van der Waals surface area (Å²) in [6, 6.07) is 0. The summed E-state index contributed by atoms with van der Waals surface area (Å²) in [7, 11) is 1.92. The standard InChI is InChI=1S/C9H15Cl2NO3/c1-12-3-6-13-7(12)9(10,11)8-14-4-2-5-15-8/h7-8H,2-6H2,1H3. The van der Waals surface area contributed by atoms with E-state index in [2.05, 4.69) is 0 Å². The Morgan fingerprint density at radius 3 is 2.33 bits per heavy atom. The molecule has 2 heterocycles. The fraction of sp³-hybridized carbons (Fsp3) is 1.00. The zero-order valence-electron chi connectivity index (χ0n) is 8.62. The van der Waals surface area contributed by atoms with E-state index in [9.17, 15) is 0 Å². The Morgan fingerprint density at radius 2 is 1.80 bits per heavy atom. The maximum atomic E-state index is 6.26. The highest BCUT2D eigenvalue weighted by Gasteiger charge is 2.49. The van der Waals surface area contributed by atoms with Crippen molar-refractivity contribution in [3.8, 4) is 0 Å². The van der Waals surface area contributed by atoms with Crippen LogP contribution in [0.25, 0.3) is 0 Å². The van der Waals surface area contributed by atoms with Crippen molar-refractivity contribution in [3.05, 3.63) is 0 Å². The van der Waals surface area contributed by atoms with E-state index in [-0.39, 0.29) is 6.23 Å². The second kappa shape index (κ2) is 4.73. The van der Waals surface area contributed by atoms with E-state index in [1.807, 2.05) is 11.9 Å². The van der Waals surface area contributed by atoms with Crippen LogP contribution >= 0.6 is 23.2 Å². The quantitative estimate of drug-likeness (QED) is 0.695. The Kier molecular flexibility index (Phi) is 3.75. The normalized spacial score (nSPS) is 31.0. The second-order valence-electron chi connectivity index (χ2n) is 3.81. The first-order valence-corrected chi connectivity index (χ1v) is 5.81. The summed E-state index contributed by atoms with van der Waals surface area (Å²) in [4.78, 5) is 1.96. The largest absolute Gasteiger partial charge is 0.358 e. The van der Waals surface area contributed by atoms with Crippen molar-refractivity contribution in [2.24, 2.45) is 0 Å². The minimum absolute atomic E-state index is 0.371. The number of ether oxygens (including phenoxy) is 3. The van der Waals surface area contributed by atoms with E-state index < -0.39 is 10.6 Å². The third kappa shape index (κ3) is 2.40. The van der Waals surface area contributed by atoms with Crippen LogP contribution < -0.4 is 0 Å². The van der Waals surface area contributed by atoms with E-state index in [0.29, 0.717) is 19.8 Å². The Balaban J connectivity index is 2.03. The van der Waals surface area contributed by atoms with Crippen LogP contribution in [-0.4, -0.2) is 55.2 Å². The van der Waals surface area contributed by atoms with Crippen LogP contribution in [0.5, 0.6) is 0 Å². The van der Waals surface area contributed by atoms with Gasteiger partial charge < -0.3 is 14.2 Å². The van der Waals surface area contributed by atoms with E-state index >= 15 is 0 Å². The summed E-state index contributed by atoms with van der Waals surface area (Å²) in [5.41, 5.74) is 0. The zero-order chi connectivity index (χ0) is 10.9. The first-order valence-electron chi connectivity index (χ1n) is 5.05. The molecule has 0 saturated carbocycles. The smallest absolute Gasteiger partial charge is 0.207 e. The molecular weight excluding hydrogens is 241 g/mol. The van der Waals surface area contributed by atoms with Crippen molar-refractivity contribution >= 4 is 23.2 Å². The average molecular weight is 256 g/mol. The molecule has 88 valence electrons. The SMILES string of the molecule is CN1CCOC1C(Cl)(Cl)C1OCCCO1. The van der Waals surface area contributed by atoms with Gasteiger partial charge in [0.25, 0.3) is 0 Å². The number of hydrogen-bond donors (Lipinski definition) is 0. The van der Waals surface area contributed by atoms with Crippen LogP contribution in [0.2, 0.25) is 0 Å². The molecule has 0 amide bonds. The number of likely N-dealkylation sites (N-methyl/N-ethyl adjacent to an activating group) is 1. The molecule has 15 heavy (non-hydrogen) atoms. The molecule has 6 heteroatoms. The van der Waals surface area contributed by atoms with E-state index in [1.165, 1.54) is 0 Å². The van der Waals surface area contributed by atoms with Gasteiger partial charge in [0, 0.05) is 6.54 Å². The van der Waals surface area contributed by atoms with Gasteiger partial charge in [0.1, 0.15) is 6.23 Å². The molecule has 2 rings (SSSR count). The lowest BCUT2D eigenvalue weighted by atomic mass is 10.3. The van der Waals surface area contributed by atoms with E-state index in [1.54, 1.807) is 0 Å². The van der Waals surface area contributed by atoms with E-state index in [4.69, 9.17) is 37.4 Å². The van der Waals surface area contributed by atoms with Gasteiger partial charge in [-0.3, -0.25) is 4.90 Å². The third-order valence-electron chi connectivity index (χ3n) is 2.59. The molecular formula is C9H15Cl2NO3. The zero-order valence-corrected chi connectivity index (χ0v) is 10.1. The molecule has 0 aromatic rings. The van der Waals surface area contributed by atoms with Crippen molar-refractivity contribution in [3.63, 3.8) is 0 Å². The maximum Gasteiger partial charge on any atom is 0.207 e. The van der Waals surface area contributed by atoms with Crippen LogP contribution in [0, 0.1) is 0 Å². The van der Waals surface area contributed by atoms with Gasteiger partial charge in [-0.2, -0.15) is 0 Å². The molecule has 0 aromatic heterocycles. The molecule has 1 unspecified atom stereocenters. The summed E-state index contributed by atoms with van der Waals surface area (Å²) in [5, 5.41) is 0. The molecule has 4 nitrogen and oxygen atoms in total. The Hall–Kier alpha value is 0.420. The van der Waals surface area contributed by atoms with Crippen molar-refractivity contribution in [2.75, 3.05) is 33.4 Å². The molecule has 1 atom stereocenters. The topological polar surface area (TPSA) is 30.9 Å². The van der Waals surface area contributed by atoms with Crippen molar-refractivity contribution in [1.82, 2.24) is 4.90 Å². The highest BCUT2D eigenvalue weighted by atomic mass is 35.5. The second-order valence-corrected chi connectivity index (χ2v) is 5.25. The van der Waals surface area contributed by atoms with Crippen LogP contribution in [0.1, 0.15) is 6.42 Å². The summed E-state index contributed by atoms with van der Waals surface area (Å²) in [5.74, 6) is 0. The van der Waals surface area contributed by atoms with Crippen molar-refractivity contribution in [2.45, 2.75) is 23.3 Å². The molecule has 0 aliphatic carbocycles. The predicted octanol–water partition coefficient (Wildman–Crippen LogP) is 1.21. The lowest BCUT2D eigenvalue weighted by Gasteiger charge is -2.37. The fourth-order valence-electron chi connectivity index (χ4n) is 1.78. The minimum atomic E-state index is -1.17. The molecule has 2 fully saturated rings. The lowest BCUT2D eigenvalue weighted by Crippen LogP contribution is -2.52. The van der Waals surface area contributed by atoms with Gasteiger partial charge in [-0.25, -0.2) is 0 Å². The monoisotopic (exact) mass is 255 g/mol. The maximum absolute atomic E-state index is 6.26. The third-order valence-corrected chi connectivity index (χ3v) is 3.32. The summed E-state index contributed by atoms with van der Waals surface area (Å²) in [6.07, 6.45) is -0.106. The summed E-state index contributed by atoms with van der Waals surface area (Å²) >= 11 is 12.5. The van der Waals surface area contributed by atoms with Crippen LogP contribution in [0.15, 0.2) is 0 Å². The Labute approximate surface area is 99.4 Å². The average Bonchev–Trinajstić information content (AvgIpc) is 2.66. The predicted molar refractivity (Wildman–Crippen MR) is 57.1 cm³/mol. The number of hydrogen-bond acceptors (Lipinski definition) is 4. The van der Waals surface area contributed by atoms with Gasteiger partial charge in [0.05, 0.1) is 19.8 Å². The van der Waals surface area contributed by atoms with E-state index in [0.717, 1.165) is 13.0 Å². The molecule has 0 spiro atoms. The molecule has 0 aromatic carbocycles. The van der Waals surface area contributed by atoms with Gasteiger partial charge >= 0.3 is 0 Å². The van der Waals surface area contributed by atoms with Gasteiger partial charge in [0.15, 0.2) is 6.29 Å². The number of nitrogens with zero attached hydrogens (tertiary/aromatic N) is 1. The molecule has 2 aliphatic heterocycles. The highest BCUT2D eigenvalue weighted by Crippen LogP contribution is 2.38. The summed E-state index contributed by atoms with van der Waals surface area (Å²) in [6.45, 7) is 2.71. The van der Waals surface area contributed by atoms with Crippen molar-refractivity contribution < 1.29 is 14.2 Å². The Morgan fingerprint density at radius 1 is 1.13 bits per heavy atom. The number of halogens is 2. The van der Waals surface area contributed by atoms with Crippen LogP contribution in [0.3, 0.4) is 0 Å². The molecule has 2 aliphatic rings. The first-order chi connectivity index (χ1) is 7.12. The number of rotatable bonds is 2. The first kappa shape index (κ1) is 11.9. The van der Waals surface area contributed by atoms with Gasteiger partial charge in [-0.15, -0.1) is 0 Å². The van der Waals surface area contributed by atoms with Gasteiger partial charge in [-0.05, 0) is 13.5 Å². The molecule has 0 bridgehead atoms. The highest BCUT2D eigenvalue weighted by molar-refractivity contribution is 6.49. The Bertz CT molecular complexity index is 221. The molecule has 0 N–H and O–H groups in total. The van der Waals surface area contributed by atoms with Crippen LogP contribution in [-0.2, 0) is 14.2 Å². The van der Waals surface area contributed by atoms with Gasteiger partial charge in [-0.1, -0.05) is 23.2 Å². The lowest BCUT2D eigenvalue weighted by molar-refractivity contribution is -0.203. The van der Waals surface area contributed by atoms with Gasteiger partial charge in [0.2, 0.25) is 4.33 Å². The van der Waals surface area contributed by atoms with Crippen molar-refractivity contribution in [1.29, 1.82) is 0 Å². The van der Waals surface area contributed by atoms with Crippen LogP contribution in [0.4, 0.5) is 0 Å². The minimum Gasteiger partial charge on any atom is -0.358 e.